The van der Waals surface area contributed by atoms with Gasteiger partial charge in [0.15, 0.2) is 5.96 Å². The van der Waals surface area contributed by atoms with Crippen LogP contribution in [0, 0.1) is 0 Å². The number of methoxy groups -OCH3 is 1. The molecule has 0 aliphatic heterocycles. The molecule has 0 unspecified atom stereocenters. The van der Waals surface area contributed by atoms with Gasteiger partial charge in [0.1, 0.15) is 5.75 Å². The van der Waals surface area contributed by atoms with E-state index in [-0.39, 0.29) is 24.0 Å². The highest BCUT2D eigenvalue weighted by molar-refractivity contribution is 14.0. The van der Waals surface area contributed by atoms with Gasteiger partial charge in [0.25, 0.3) is 0 Å². The van der Waals surface area contributed by atoms with Crippen LogP contribution in [-0.4, -0.2) is 31.1 Å². The number of aliphatic imine (C=N–C) groups is 1. The highest BCUT2D eigenvalue weighted by Crippen LogP contribution is 2.14. The van der Waals surface area contributed by atoms with E-state index in [0.717, 1.165) is 43.2 Å². The minimum Gasteiger partial charge on any atom is -0.497 e. The van der Waals surface area contributed by atoms with Crippen LogP contribution >= 0.6 is 35.3 Å². The Kier molecular flexibility index (Phi) is 10.5. The molecule has 0 saturated heterocycles. The number of benzene rings is 1. The minimum atomic E-state index is 0. The van der Waals surface area contributed by atoms with Crippen LogP contribution in [0.2, 0.25) is 0 Å². The second-order valence-corrected chi connectivity index (χ2v) is 6.50. The van der Waals surface area contributed by atoms with Crippen LogP contribution < -0.4 is 15.4 Å². The van der Waals surface area contributed by atoms with E-state index in [2.05, 4.69) is 40.5 Å². The van der Waals surface area contributed by atoms with Gasteiger partial charge in [-0.1, -0.05) is 19.1 Å². The third kappa shape index (κ3) is 7.60. The van der Waals surface area contributed by atoms with Gasteiger partial charge in [-0.3, -0.25) is 0 Å². The first kappa shape index (κ1) is 21.7. The van der Waals surface area contributed by atoms with Crippen LogP contribution in [0.3, 0.4) is 0 Å². The molecule has 1 aromatic carbocycles. The van der Waals surface area contributed by atoms with Crippen molar-refractivity contribution >= 4 is 41.3 Å². The zero-order valence-electron chi connectivity index (χ0n) is 15.0. The van der Waals surface area contributed by atoms with Crippen LogP contribution in [0.1, 0.15) is 29.3 Å². The van der Waals surface area contributed by atoms with E-state index in [9.17, 15) is 0 Å². The number of nitrogens with one attached hydrogen (secondary N) is 2. The number of aromatic nitrogens is 1. The summed E-state index contributed by atoms with van der Waals surface area (Å²) in [6, 6.07) is 7.99. The van der Waals surface area contributed by atoms with Crippen LogP contribution in [-0.2, 0) is 19.4 Å². The molecule has 0 atom stereocenters. The third-order valence-electron chi connectivity index (χ3n) is 3.48. The number of nitrogens with zero attached hydrogens (tertiary/aromatic N) is 2. The Morgan fingerprint density at radius 3 is 2.80 bits per heavy atom. The maximum Gasteiger partial charge on any atom is 0.191 e. The van der Waals surface area contributed by atoms with E-state index in [1.165, 1.54) is 9.88 Å². The molecule has 0 radical (unpaired) electrons. The molecule has 25 heavy (non-hydrogen) atoms. The summed E-state index contributed by atoms with van der Waals surface area (Å²) in [6.07, 6.45) is 3.94. The second kappa shape index (κ2) is 12.1. The molecule has 0 aliphatic rings. The van der Waals surface area contributed by atoms with Crippen molar-refractivity contribution in [1.82, 2.24) is 15.6 Å². The summed E-state index contributed by atoms with van der Waals surface area (Å²) in [5, 5.41) is 7.81. The number of hydrogen-bond donors (Lipinski definition) is 2. The van der Waals surface area contributed by atoms with Crippen LogP contribution in [0.15, 0.2) is 35.5 Å². The number of ether oxygens (including phenoxy) is 1. The number of halogens is 1. The van der Waals surface area contributed by atoms with E-state index in [4.69, 9.17) is 4.74 Å². The summed E-state index contributed by atoms with van der Waals surface area (Å²) in [4.78, 5) is 10.4. The second-order valence-electron chi connectivity index (χ2n) is 5.30. The summed E-state index contributed by atoms with van der Waals surface area (Å²) in [6.45, 7) is 6.49. The Hall–Kier alpha value is -1.35. The minimum absolute atomic E-state index is 0. The van der Waals surface area contributed by atoms with Gasteiger partial charge in [-0.2, -0.15) is 0 Å². The van der Waals surface area contributed by atoms with Crippen molar-refractivity contribution in [2.75, 3.05) is 20.2 Å². The normalized spacial score (nSPS) is 10.9. The fourth-order valence-electron chi connectivity index (χ4n) is 2.20. The molecular weight excluding hydrogens is 447 g/mol. The maximum absolute atomic E-state index is 5.25. The molecule has 1 aromatic heterocycles. The summed E-state index contributed by atoms with van der Waals surface area (Å²) in [5.41, 5.74) is 1.12. The fraction of sp³-hybridized carbons (Fsp3) is 0.444. The molecule has 138 valence electrons. The van der Waals surface area contributed by atoms with E-state index in [0.29, 0.717) is 6.54 Å². The van der Waals surface area contributed by atoms with E-state index in [1.54, 1.807) is 18.4 Å². The predicted octanol–water partition coefficient (Wildman–Crippen LogP) is 3.63. The van der Waals surface area contributed by atoms with Crippen LogP contribution in [0.25, 0.3) is 0 Å². The van der Waals surface area contributed by atoms with Crippen LogP contribution in [0.5, 0.6) is 5.75 Å². The van der Waals surface area contributed by atoms with Crippen molar-refractivity contribution in [3.63, 3.8) is 0 Å². The van der Waals surface area contributed by atoms with Gasteiger partial charge in [-0.05, 0) is 31.0 Å². The lowest BCUT2D eigenvalue weighted by molar-refractivity contribution is 0.414. The van der Waals surface area contributed by atoms with Gasteiger partial charge < -0.3 is 15.4 Å². The van der Waals surface area contributed by atoms with Gasteiger partial charge in [-0.15, -0.1) is 35.3 Å². The highest BCUT2D eigenvalue weighted by atomic mass is 127. The van der Waals surface area contributed by atoms with Crippen molar-refractivity contribution < 1.29 is 4.74 Å². The zero-order chi connectivity index (χ0) is 17.2. The Labute approximate surface area is 171 Å². The Morgan fingerprint density at radius 1 is 1.28 bits per heavy atom. The van der Waals surface area contributed by atoms with E-state index < -0.39 is 0 Å². The van der Waals surface area contributed by atoms with E-state index >= 15 is 0 Å². The summed E-state index contributed by atoms with van der Waals surface area (Å²) in [7, 11) is 1.68. The van der Waals surface area contributed by atoms with Crippen molar-refractivity contribution in [3.8, 4) is 5.75 Å². The number of thiazole rings is 1. The zero-order valence-corrected chi connectivity index (χ0v) is 18.2. The van der Waals surface area contributed by atoms with Gasteiger partial charge in [0.05, 0.1) is 18.7 Å². The number of guanidine groups is 1. The van der Waals surface area contributed by atoms with Crippen molar-refractivity contribution in [1.29, 1.82) is 0 Å². The summed E-state index contributed by atoms with van der Waals surface area (Å²) < 4.78 is 5.25. The molecule has 7 heteroatoms. The largest absolute Gasteiger partial charge is 0.497 e. The highest BCUT2D eigenvalue weighted by Gasteiger charge is 2.02. The molecule has 2 aromatic rings. The summed E-state index contributed by atoms with van der Waals surface area (Å²) in [5.74, 6) is 1.68. The fourth-order valence-corrected chi connectivity index (χ4v) is 3.06. The third-order valence-corrected chi connectivity index (χ3v) is 4.68. The molecule has 0 spiro atoms. The number of rotatable bonds is 8. The lowest BCUT2D eigenvalue weighted by Crippen LogP contribution is -2.38. The number of aryl methyl sites for hydroxylation is 1. The first-order valence-electron chi connectivity index (χ1n) is 8.33. The molecule has 2 rings (SSSR count). The van der Waals surface area contributed by atoms with Gasteiger partial charge in [0, 0.05) is 30.6 Å². The standard InChI is InChI=1S/C18H26N4OS.HI/c1-4-16-13-21-17(24-16)9-10-20-18(19-5-2)22-12-14-7-6-8-15(11-14)23-3;/h6-8,11,13H,4-5,9-10,12H2,1-3H3,(H2,19,20,22);1H. The molecule has 0 aliphatic carbocycles. The van der Waals surface area contributed by atoms with Crippen LogP contribution in [0.4, 0.5) is 0 Å². The lowest BCUT2D eigenvalue weighted by Gasteiger charge is -2.11. The molecule has 1 heterocycles. The van der Waals surface area contributed by atoms with Crippen molar-refractivity contribution in [2.24, 2.45) is 4.99 Å². The van der Waals surface area contributed by atoms with Gasteiger partial charge in [0.2, 0.25) is 0 Å². The number of hydrogen-bond acceptors (Lipinski definition) is 4. The molecule has 5 nitrogen and oxygen atoms in total. The first-order valence-corrected chi connectivity index (χ1v) is 9.15. The topological polar surface area (TPSA) is 58.5 Å². The Balaban J connectivity index is 0.00000312. The first-order chi connectivity index (χ1) is 11.7. The average molecular weight is 474 g/mol. The average Bonchev–Trinajstić information content (AvgIpc) is 3.08. The lowest BCUT2D eigenvalue weighted by atomic mass is 10.2. The molecule has 2 N–H and O–H groups in total. The van der Waals surface area contributed by atoms with E-state index in [1.807, 2.05) is 24.4 Å². The molecule has 0 fully saturated rings. The molecule has 0 amide bonds. The van der Waals surface area contributed by atoms with Gasteiger partial charge >= 0.3 is 0 Å². The predicted molar refractivity (Wildman–Crippen MR) is 116 cm³/mol. The molecule has 0 bridgehead atoms. The molecular formula is C18H27IN4OS. The SMILES string of the molecule is CCNC(=NCc1cccc(OC)c1)NCCc1ncc(CC)s1.I. The smallest absolute Gasteiger partial charge is 0.191 e. The van der Waals surface area contributed by atoms with Gasteiger partial charge in [-0.25, -0.2) is 9.98 Å². The Bertz CT molecular complexity index is 660. The van der Waals surface area contributed by atoms with Crippen molar-refractivity contribution in [3.05, 3.63) is 45.9 Å². The molecule has 0 saturated carbocycles. The quantitative estimate of drug-likeness (QED) is 0.349. The Morgan fingerprint density at radius 2 is 2.12 bits per heavy atom. The monoisotopic (exact) mass is 474 g/mol. The van der Waals surface area contributed by atoms with Crippen molar-refractivity contribution in [2.45, 2.75) is 33.2 Å². The summed E-state index contributed by atoms with van der Waals surface area (Å²) >= 11 is 1.79. The maximum atomic E-state index is 5.25.